The zero-order valence-corrected chi connectivity index (χ0v) is 8.83. The Balaban J connectivity index is 3.81. The molecule has 0 aromatic rings. The lowest BCUT2D eigenvalue weighted by Gasteiger charge is -2.17. The highest BCUT2D eigenvalue weighted by atomic mass is 16.6. The van der Waals surface area contributed by atoms with Crippen molar-refractivity contribution >= 4 is 5.97 Å². The molecule has 0 aliphatic rings. The molecule has 0 atom stereocenters. The summed E-state index contributed by atoms with van der Waals surface area (Å²) >= 11 is 0. The van der Waals surface area contributed by atoms with Gasteiger partial charge in [0.25, 0.3) is 0 Å². The average Bonchev–Trinajstić information content (AvgIpc) is 1.94. The van der Waals surface area contributed by atoms with Crippen LogP contribution in [0.3, 0.4) is 0 Å². The number of allylic oxidation sites excluding steroid dienone is 3. The van der Waals surface area contributed by atoms with E-state index in [1.54, 1.807) is 6.08 Å². The van der Waals surface area contributed by atoms with Crippen molar-refractivity contribution in [1.29, 1.82) is 0 Å². The van der Waals surface area contributed by atoms with Crippen molar-refractivity contribution < 1.29 is 9.53 Å². The molecule has 0 aromatic heterocycles. The first-order valence-corrected chi connectivity index (χ1v) is 4.46. The van der Waals surface area contributed by atoms with Crippen LogP contribution in [-0.2, 0) is 9.53 Å². The van der Waals surface area contributed by atoms with Gasteiger partial charge in [0, 0.05) is 6.08 Å². The Morgan fingerprint density at radius 2 is 1.92 bits per heavy atom. The number of hydrogen-bond donors (Lipinski definition) is 0. The Morgan fingerprint density at radius 3 is 2.38 bits per heavy atom. The summed E-state index contributed by atoms with van der Waals surface area (Å²) in [4.78, 5) is 11.1. The fourth-order valence-electron chi connectivity index (χ4n) is 0.715. The van der Waals surface area contributed by atoms with E-state index >= 15 is 0 Å². The molecule has 0 N–H and O–H groups in total. The molecule has 0 fully saturated rings. The highest BCUT2D eigenvalue weighted by Crippen LogP contribution is 2.07. The molecule has 0 saturated heterocycles. The number of carbonyl (C=O) groups is 1. The molecular weight excluding hydrogens is 164 g/mol. The molecule has 0 aromatic carbocycles. The van der Waals surface area contributed by atoms with Gasteiger partial charge in [-0.3, -0.25) is 0 Å². The van der Waals surface area contributed by atoms with E-state index in [4.69, 9.17) is 4.74 Å². The molecule has 2 heteroatoms. The molecule has 0 amide bonds. The smallest absolute Gasteiger partial charge is 0.330 e. The molecule has 0 saturated carbocycles. The van der Waals surface area contributed by atoms with E-state index in [-0.39, 0.29) is 5.97 Å². The van der Waals surface area contributed by atoms with Crippen LogP contribution in [0.2, 0.25) is 0 Å². The van der Waals surface area contributed by atoms with Gasteiger partial charge in [-0.05, 0) is 34.1 Å². The number of hydrogen-bond acceptors (Lipinski definition) is 2. The van der Waals surface area contributed by atoms with Crippen LogP contribution in [0.15, 0.2) is 24.3 Å². The predicted molar refractivity (Wildman–Crippen MR) is 54.4 cm³/mol. The van der Waals surface area contributed by atoms with Gasteiger partial charge in [-0.1, -0.05) is 18.2 Å². The second-order valence-corrected chi connectivity index (χ2v) is 3.74. The van der Waals surface area contributed by atoms with Crippen molar-refractivity contribution in [2.45, 2.75) is 39.7 Å². The van der Waals surface area contributed by atoms with E-state index in [0.717, 1.165) is 6.42 Å². The zero-order valence-electron chi connectivity index (χ0n) is 8.83. The van der Waals surface area contributed by atoms with E-state index in [1.807, 2.05) is 39.8 Å². The minimum absolute atomic E-state index is 0.281. The molecule has 0 unspecified atom stereocenters. The van der Waals surface area contributed by atoms with Crippen LogP contribution < -0.4 is 0 Å². The Bertz CT molecular complexity index is 207. The van der Waals surface area contributed by atoms with E-state index in [9.17, 15) is 4.79 Å². The molecule has 0 heterocycles. The summed E-state index contributed by atoms with van der Waals surface area (Å²) in [5, 5.41) is 0. The largest absolute Gasteiger partial charge is 0.457 e. The minimum Gasteiger partial charge on any atom is -0.457 e. The quantitative estimate of drug-likeness (QED) is 0.381. The first-order chi connectivity index (χ1) is 5.95. The van der Waals surface area contributed by atoms with Gasteiger partial charge in [-0.15, -0.1) is 0 Å². The van der Waals surface area contributed by atoms with Crippen LogP contribution in [0.4, 0.5) is 0 Å². The van der Waals surface area contributed by atoms with E-state index < -0.39 is 5.60 Å². The lowest BCUT2D eigenvalue weighted by atomic mass is 10.2. The summed E-state index contributed by atoms with van der Waals surface area (Å²) in [5.41, 5.74) is -0.401. The predicted octanol–water partition coefficient (Wildman–Crippen LogP) is 2.85. The van der Waals surface area contributed by atoms with Gasteiger partial charge in [0.15, 0.2) is 0 Å². The van der Waals surface area contributed by atoms with Crippen molar-refractivity contribution in [2.75, 3.05) is 0 Å². The van der Waals surface area contributed by atoms with E-state index in [1.165, 1.54) is 6.08 Å². The standard InChI is InChI=1S/C11H18O2/c1-5-6-7-8-9-10(12)13-11(2,3)4/h5-6,8-9H,7H2,1-4H3/b6-5+,9-8+. The topological polar surface area (TPSA) is 26.3 Å². The zero-order chi connectivity index (χ0) is 10.3. The van der Waals surface area contributed by atoms with E-state index in [0.29, 0.717) is 0 Å². The van der Waals surface area contributed by atoms with Crippen LogP contribution in [0.1, 0.15) is 34.1 Å². The lowest BCUT2D eigenvalue weighted by molar-refractivity contribution is -0.148. The molecule has 13 heavy (non-hydrogen) atoms. The highest BCUT2D eigenvalue weighted by molar-refractivity contribution is 5.82. The normalized spacial score (nSPS) is 12.6. The van der Waals surface area contributed by atoms with Gasteiger partial charge in [0.2, 0.25) is 0 Å². The Hall–Kier alpha value is -1.05. The summed E-state index contributed by atoms with van der Waals surface area (Å²) in [6, 6.07) is 0. The van der Waals surface area contributed by atoms with Crippen molar-refractivity contribution in [2.24, 2.45) is 0 Å². The van der Waals surface area contributed by atoms with Crippen LogP contribution in [0, 0.1) is 0 Å². The van der Waals surface area contributed by atoms with Crippen LogP contribution in [0.5, 0.6) is 0 Å². The van der Waals surface area contributed by atoms with Gasteiger partial charge in [-0.2, -0.15) is 0 Å². The highest BCUT2D eigenvalue weighted by Gasteiger charge is 2.13. The summed E-state index contributed by atoms with van der Waals surface area (Å²) in [5.74, 6) is -0.281. The minimum atomic E-state index is -0.401. The van der Waals surface area contributed by atoms with Crippen molar-refractivity contribution in [1.82, 2.24) is 0 Å². The maximum Gasteiger partial charge on any atom is 0.330 e. The van der Waals surface area contributed by atoms with Crippen LogP contribution in [-0.4, -0.2) is 11.6 Å². The molecule has 0 aliphatic carbocycles. The fourth-order valence-corrected chi connectivity index (χ4v) is 0.715. The van der Waals surface area contributed by atoms with Crippen molar-refractivity contribution in [3.63, 3.8) is 0 Å². The van der Waals surface area contributed by atoms with Gasteiger partial charge >= 0.3 is 5.97 Å². The first-order valence-electron chi connectivity index (χ1n) is 4.46. The summed E-state index contributed by atoms with van der Waals surface area (Å²) in [6.07, 6.45) is 7.94. The van der Waals surface area contributed by atoms with Crippen LogP contribution in [0.25, 0.3) is 0 Å². The van der Waals surface area contributed by atoms with Crippen LogP contribution >= 0.6 is 0 Å². The second kappa shape index (κ2) is 5.57. The molecule has 2 nitrogen and oxygen atoms in total. The molecule has 0 bridgehead atoms. The first kappa shape index (κ1) is 11.9. The van der Waals surface area contributed by atoms with Gasteiger partial charge in [0.05, 0.1) is 0 Å². The Morgan fingerprint density at radius 1 is 1.31 bits per heavy atom. The van der Waals surface area contributed by atoms with Gasteiger partial charge in [0.1, 0.15) is 5.60 Å². The lowest BCUT2D eigenvalue weighted by Crippen LogP contribution is -2.22. The molecule has 74 valence electrons. The number of carbonyl (C=O) groups excluding carboxylic acids is 1. The van der Waals surface area contributed by atoms with Gasteiger partial charge in [-0.25, -0.2) is 4.79 Å². The molecule has 0 rings (SSSR count). The van der Waals surface area contributed by atoms with Crippen molar-refractivity contribution in [3.05, 3.63) is 24.3 Å². The molecule has 0 radical (unpaired) electrons. The fraction of sp³-hybridized carbons (Fsp3) is 0.545. The second-order valence-electron chi connectivity index (χ2n) is 3.74. The SMILES string of the molecule is C/C=C/C/C=C/C(=O)OC(C)(C)C. The van der Waals surface area contributed by atoms with E-state index in [2.05, 4.69) is 0 Å². The molecule has 0 spiro atoms. The third-order valence-corrected chi connectivity index (χ3v) is 1.17. The average molecular weight is 182 g/mol. The summed E-state index contributed by atoms with van der Waals surface area (Å²) in [7, 11) is 0. The number of rotatable bonds is 3. The third kappa shape index (κ3) is 8.86. The monoisotopic (exact) mass is 182 g/mol. The van der Waals surface area contributed by atoms with Crippen molar-refractivity contribution in [3.8, 4) is 0 Å². The summed E-state index contributed by atoms with van der Waals surface area (Å²) in [6.45, 7) is 7.50. The number of esters is 1. The Kier molecular flexibility index (Phi) is 5.12. The Labute approximate surface area is 80.3 Å². The maximum absolute atomic E-state index is 11.1. The van der Waals surface area contributed by atoms with Gasteiger partial charge < -0.3 is 4.74 Å². The molecule has 0 aliphatic heterocycles. The number of ether oxygens (including phenoxy) is 1. The maximum atomic E-state index is 11.1. The third-order valence-electron chi connectivity index (χ3n) is 1.17. The molecular formula is C11H18O2. The summed E-state index contributed by atoms with van der Waals surface area (Å²) < 4.78 is 5.07.